The summed E-state index contributed by atoms with van der Waals surface area (Å²) in [5, 5.41) is 13.7. The van der Waals surface area contributed by atoms with Gasteiger partial charge in [-0.2, -0.15) is 0 Å². The number of nitrogens with zero attached hydrogens (tertiary/aromatic N) is 1. The van der Waals surface area contributed by atoms with Crippen molar-refractivity contribution >= 4 is 23.9 Å². The van der Waals surface area contributed by atoms with E-state index in [9.17, 15) is 14.4 Å². The van der Waals surface area contributed by atoms with Gasteiger partial charge in [-0.25, -0.2) is 4.79 Å². The van der Waals surface area contributed by atoms with Gasteiger partial charge in [-0.1, -0.05) is 30.7 Å². The van der Waals surface area contributed by atoms with E-state index < -0.39 is 12.1 Å². The Morgan fingerprint density at radius 1 is 1.13 bits per heavy atom. The third-order valence-corrected chi connectivity index (χ3v) is 8.49. The Morgan fingerprint density at radius 3 is 2.43 bits per heavy atom. The monoisotopic (exact) mass is 648 g/mol. The van der Waals surface area contributed by atoms with Crippen LogP contribution in [0, 0.1) is 5.92 Å². The normalized spacial score (nSPS) is 32.0. The van der Waals surface area contributed by atoms with Crippen LogP contribution in [0.25, 0.3) is 0 Å². The lowest BCUT2D eigenvalue weighted by atomic mass is 9.88. The van der Waals surface area contributed by atoms with Gasteiger partial charge in [0.05, 0.1) is 49.1 Å². The summed E-state index contributed by atoms with van der Waals surface area (Å²) in [6, 6.07) is -0.106. The van der Waals surface area contributed by atoms with Gasteiger partial charge in [0.1, 0.15) is 6.10 Å². The number of nitrogens with two attached hydrogens (primary N) is 1. The second-order valence-electron chi connectivity index (χ2n) is 12.8. The number of carboxylic acids is 1. The number of nitrogens with one attached hydrogen (secondary N) is 2. The van der Waals surface area contributed by atoms with Crippen molar-refractivity contribution in [3.63, 3.8) is 0 Å². The molecule has 4 rings (SSSR count). The van der Waals surface area contributed by atoms with Crippen LogP contribution in [-0.2, 0) is 33.3 Å². The lowest BCUT2D eigenvalue weighted by Crippen LogP contribution is -2.50. The zero-order valence-corrected chi connectivity index (χ0v) is 27.7. The van der Waals surface area contributed by atoms with Gasteiger partial charge >= 0.3 is 6.09 Å². The summed E-state index contributed by atoms with van der Waals surface area (Å²) in [7, 11) is 0. The standard InChI is InChI=1S/C31H48N4O7.C2H4O2/c1-20(5-8-24-17-31(19-39-31)18-25(42-24)16-28(32)36)6-9-27-21(2)15-26(23(4)41-27)34-29(37)10-7-22(3)40-30(38)35-13-11-33-12-14-35;1-2(3)4/h5-8,10,21-27,33H,9,11-19H2,1-4H3,(H2,32,36)(H,34,37);1H3,(H,3,4)/b8-5+,10-7-,20-6+;/t21-,22-,23+,24+,25+,26+,27-,31+;/m0./s1. The van der Waals surface area contributed by atoms with E-state index >= 15 is 0 Å². The fourth-order valence-corrected chi connectivity index (χ4v) is 5.92. The Hall–Kier alpha value is -3.26. The van der Waals surface area contributed by atoms with Gasteiger partial charge in [-0.3, -0.25) is 14.4 Å². The van der Waals surface area contributed by atoms with E-state index in [1.165, 1.54) is 6.08 Å². The number of carbonyl (C=O) groups is 4. The predicted molar refractivity (Wildman–Crippen MR) is 171 cm³/mol. The molecule has 0 aromatic rings. The number of rotatable bonds is 10. The van der Waals surface area contributed by atoms with Crippen molar-refractivity contribution in [3.8, 4) is 0 Å². The largest absolute Gasteiger partial charge is 0.481 e. The smallest absolute Gasteiger partial charge is 0.410 e. The minimum Gasteiger partial charge on any atom is -0.481 e. The van der Waals surface area contributed by atoms with Crippen LogP contribution >= 0.6 is 0 Å². The number of hydrogen-bond donors (Lipinski definition) is 4. The Bertz CT molecular complexity index is 1140. The molecule has 46 heavy (non-hydrogen) atoms. The molecule has 258 valence electrons. The number of allylic oxidation sites excluding steroid dienone is 2. The van der Waals surface area contributed by atoms with Gasteiger partial charge in [0, 0.05) is 52.0 Å². The minimum absolute atomic E-state index is 0.0467. The molecule has 4 saturated heterocycles. The summed E-state index contributed by atoms with van der Waals surface area (Å²) in [5.41, 5.74) is 6.33. The van der Waals surface area contributed by atoms with Crippen LogP contribution in [0.2, 0.25) is 0 Å². The van der Waals surface area contributed by atoms with E-state index in [-0.39, 0.29) is 66.3 Å². The molecule has 3 amide bonds. The number of carboxylic acid groups (broad SMARTS) is 1. The highest BCUT2D eigenvalue weighted by molar-refractivity contribution is 5.87. The van der Waals surface area contributed by atoms with Gasteiger partial charge < -0.3 is 45.3 Å². The Labute approximate surface area is 271 Å². The molecular formula is C33H52N4O9. The number of epoxide rings is 1. The van der Waals surface area contributed by atoms with E-state index in [0.717, 1.165) is 44.8 Å². The number of ether oxygens (including phenoxy) is 4. The van der Waals surface area contributed by atoms with Crippen molar-refractivity contribution in [1.82, 2.24) is 15.5 Å². The number of aliphatic carboxylic acids is 1. The molecule has 0 unspecified atom stereocenters. The zero-order valence-electron chi connectivity index (χ0n) is 27.7. The molecule has 0 aromatic carbocycles. The highest BCUT2D eigenvalue weighted by Gasteiger charge is 2.51. The van der Waals surface area contributed by atoms with Crippen molar-refractivity contribution in [2.24, 2.45) is 11.7 Å². The predicted octanol–water partition coefficient (Wildman–Crippen LogP) is 2.45. The summed E-state index contributed by atoms with van der Waals surface area (Å²) >= 11 is 0. The summed E-state index contributed by atoms with van der Waals surface area (Å²) < 4.78 is 23.5. The van der Waals surface area contributed by atoms with Crippen molar-refractivity contribution in [3.05, 3.63) is 36.0 Å². The topological polar surface area (TPSA) is 182 Å². The van der Waals surface area contributed by atoms with Crippen LogP contribution in [0.3, 0.4) is 0 Å². The first-order valence-electron chi connectivity index (χ1n) is 16.2. The van der Waals surface area contributed by atoms with Crippen LogP contribution in [0.15, 0.2) is 36.0 Å². The Kier molecular flexibility index (Phi) is 14.2. The molecule has 4 fully saturated rings. The summed E-state index contributed by atoms with van der Waals surface area (Å²) in [6.07, 6.45) is 11.3. The molecule has 0 bridgehead atoms. The van der Waals surface area contributed by atoms with Crippen molar-refractivity contribution in [1.29, 1.82) is 0 Å². The molecule has 4 aliphatic rings. The maximum atomic E-state index is 12.6. The van der Waals surface area contributed by atoms with Crippen LogP contribution < -0.4 is 16.4 Å². The van der Waals surface area contributed by atoms with Gasteiger partial charge in [0.15, 0.2) is 0 Å². The molecule has 13 heteroatoms. The SMILES string of the molecule is CC(/C=C/[C@@H]1C[C@]2(CO2)C[C@@H](CC(N)=O)O1)=C\C[C@@H]1O[C@H](C)[C@H](NC(=O)/C=C\[C@H](C)OC(=O)N2CCNCC2)C[C@@H]1C.CC(=O)O. The summed E-state index contributed by atoms with van der Waals surface area (Å²) in [6.45, 7) is 12.5. The van der Waals surface area contributed by atoms with Crippen molar-refractivity contribution in [2.45, 2.75) is 109 Å². The molecule has 13 nitrogen and oxygen atoms in total. The molecule has 4 heterocycles. The van der Waals surface area contributed by atoms with E-state index in [0.29, 0.717) is 26.1 Å². The number of carbonyl (C=O) groups excluding carboxylic acids is 3. The molecule has 4 aliphatic heterocycles. The first-order valence-corrected chi connectivity index (χ1v) is 16.2. The maximum absolute atomic E-state index is 12.6. The molecule has 5 N–H and O–H groups in total. The zero-order chi connectivity index (χ0) is 33.9. The van der Waals surface area contributed by atoms with E-state index in [4.69, 9.17) is 34.6 Å². The first-order chi connectivity index (χ1) is 21.7. The average Bonchev–Trinajstić information content (AvgIpc) is 3.72. The second-order valence-corrected chi connectivity index (χ2v) is 12.8. The quantitative estimate of drug-likeness (QED) is 0.156. The molecule has 0 aliphatic carbocycles. The third kappa shape index (κ3) is 12.9. The number of amides is 3. The fraction of sp³-hybridized carbons (Fsp3) is 0.697. The Balaban J connectivity index is 0.00000136. The van der Waals surface area contributed by atoms with Gasteiger partial charge in [0.2, 0.25) is 11.8 Å². The third-order valence-electron chi connectivity index (χ3n) is 8.49. The van der Waals surface area contributed by atoms with E-state index in [2.05, 4.69) is 36.6 Å². The molecule has 0 aromatic heterocycles. The molecule has 0 radical (unpaired) electrons. The Morgan fingerprint density at radius 2 is 1.80 bits per heavy atom. The van der Waals surface area contributed by atoms with Gasteiger partial charge in [-0.05, 0) is 45.6 Å². The summed E-state index contributed by atoms with van der Waals surface area (Å²) in [5.74, 6) is -1.16. The summed E-state index contributed by atoms with van der Waals surface area (Å²) in [4.78, 5) is 46.9. The second kappa shape index (κ2) is 17.6. The highest BCUT2D eigenvalue weighted by atomic mass is 16.6. The fourth-order valence-electron chi connectivity index (χ4n) is 5.92. The molecule has 0 saturated carbocycles. The van der Waals surface area contributed by atoms with Crippen molar-refractivity contribution < 1.29 is 43.2 Å². The molecule has 1 spiro atoms. The minimum atomic E-state index is -0.833. The van der Waals surface area contributed by atoms with Crippen LogP contribution in [-0.4, -0.2) is 109 Å². The highest BCUT2D eigenvalue weighted by Crippen LogP contribution is 2.43. The van der Waals surface area contributed by atoms with Gasteiger partial charge in [-0.15, -0.1) is 0 Å². The molecule has 8 atom stereocenters. The van der Waals surface area contributed by atoms with Crippen LogP contribution in [0.5, 0.6) is 0 Å². The van der Waals surface area contributed by atoms with E-state index in [1.807, 2.05) is 13.0 Å². The van der Waals surface area contributed by atoms with Crippen LogP contribution in [0.4, 0.5) is 4.79 Å². The lowest BCUT2D eigenvalue weighted by Gasteiger charge is -2.39. The van der Waals surface area contributed by atoms with Gasteiger partial charge in [0.25, 0.3) is 5.97 Å². The van der Waals surface area contributed by atoms with Crippen molar-refractivity contribution in [2.75, 3.05) is 32.8 Å². The maximum Gasteiger partial charge on any atom is 0.410 e. The van der Waals surface area contributed by atoms with Crippen LogP contribution in [0.1, 0.15) is 66.7 Å². The first kappa shape index (κ1) is 37.2. The van der Waals surface area contributed by atoms with E-state index in [1.54, 1.807) is 17.9 Å². The number of primary amides is 1. The molecular weight excluding hydrogens is 596 g/mol. The average molecular weight is 649 g/mol. The lowest BCUT2D eigenvalue weighted by molar-refractivity contribution is -0.134. The number of piperazine rings is 1. The number of hydrogen-bond acceptors (Lipinski definition) is 9.